The monoisotopic (exact) mass is 292 g/mol. The minimum absolute atomic E-state index is 0.0510. The van der Waals surface area contributed by atoms with Gasteiger partial charge in [-0.25, -0.2) is 0 Å². The second kappa shape index (κ2) is 7.02. The van der Waals surface area contributed by atoms with Gasteiger partial charge in [-0.2, -0.15) is 0 Å². The van der Waals surface area contributed by atoms with Crippen LogP contribution in [0.2, 0.25) is 0 Å². The number of ether oxygens (including phenoxy) is 1. The molecule has 0 bridgehead atoms. The van der Waals surface area contributed by atoms with Crippen molar-refractivity contribution in [3.05, 3.63) is 45.9 Å². The number of pyridine rings is 1. The number of carbonyl (C=O) groups is 1. The van der Waals surface area contributed by atoms with E-state index in [9.17, 15) is 4.79 Å². The normalized spacial score (nSPS) is 10.3. The fraction of sp³-hybridized carbons (Fsp3) is 0.286. The van der Waals surface area contributed by atoms with Gasteiger partial charge in [-0.05, 0) is 36.1 Å². The number of nitrogens with one attached hydrogen (secondary N) is 1. The van der Waals surface area contributed by atoms with Crippen LogP contribution in [0.1, 0.15) is 16.1 Å². The van der Waals surface area contributed by atoms with Gasteiger partial charge in [0.05, 0.1) is 25.0 Å². The summed E-state index contributed by atoms with van der Waals surface area (Å²) in [5, 5.41) is 13.7. The van der Waals surface area contributed by atoms with Crippen LogP contribution in [0.15, 0.2) is 29.8 Å². The fourth-order valence-electron chi connectivity index (χ4n) is 1.55. The van der Waals surface area contributed by atoms with E-state index in [2.05, 4.69) is 10.3 Å². The summed E-state index contributed by atoms with van der Waals surface area (Å²) in [6.07, 6.45) is 1.49. The first-order valence-corrected chi connectivity index (χ1v) is 7.05. The van der Waals surface area contributed by atoms with Crippen LogP contribution in [0.3, 0.4) is 0 Å². The number of aliphatic hydroxyl groups is 1. The van der Waals surface area contributed by atoms with E-state index in [1.807, 2.05) is 18.4 Å². The zero-order chi connectivity index (χ0) is 14.4. The molecule has 2 aromatic rings. The zero-order valence-corrected chi connectivity index (χ0v) is 11.9. The molecule has 20 heavy (non-hydrogen) atoms. The van der Waals surface area contributed by atoms with Crippen molar-refractivity contribution in [2.45, 2.75) is 20.1 Å². The fourth-order valence-corrected chi connectivity index (χ4v) is 2.40. The van der Waals surface area contributed by atoms with E-state index in [-0.39, 0.29) is 19.1 Å². The van der Waals surface area contributed by atoms with Gasteiger partial charge in [-0.15, -0.1) is 11.3 Å². The number of nitrogens with zero attached hydrogens (tertiary/aromatic N) is 1. The van der Waals surface area contributed by atoms with Crippen molar-refractivity contribution in [2.75, 3.05) is 6.61 Å². The van der Waals surface area contributed by atoms with E-state index in [1.165, 1.54) is 11.8 Å². The molecule has 2 aromatic heterocycles. The molecule has 2 rings (SSSR count). The van der Waals surface area contributed by atoms with Crippen molar-refractivity contribution in [2.24, 2.45) is 0 Å². The lowest BCUT2D eigenvalue weighted by Gasteiger charge is -2.07. The minimum Gasteiger partial charge on any atom is -0.482 e. The summed E-state index contributed by atoms with van der Waals surface area (Å²) >= 11 is 1.62. The van der Waals surface area contributed by atoms with Gasteiger partial charge in [0.15, 0.2) is 6.61 Å². The van der Waals surface area contributed by atoms with E-state index in [1.54, 1.807) is 23.5 Å². The molecule has 2 N–H and O–H groups in total. The summed E-state index contributed by atoms with van der Waals surface area (Å²) in [6.45, 7) is 2.38. The third kappa shape index (κ3) is 4.04. The Morgan fingerprint density at radius 2 is 2.30 bits per heavy atom. The number of thiophene rings is 1. The van der Waals surface area contributed by atoms with Crippen LogP contribution >= 0.6 is 11.3 Å². The van der Waals surface area contributed by atoms with Gasteiger partial charge in [0.2, 0.25) is 0 Å². The predicted molar refractivity (Wildman–Crippen MR) is 76.6 cm³/mol. The van der Waals surface area contributed by atoms with Gasteiger partial charge in [0.1, 0.15) is 5.75 Å². The summed E-state index contributed by atoms with van der Waals surface area (Å²) in [5.74, 6) is 0.327. The van der Waals surface area contributed by atoms with Crippen molar-refractivity contribution < 1.29 is 14.6 Å². The lowest BCUT2D eigenvalue weighted by molar-refractivity contribution is -0.123. The minimum atomic E-state index is -0.177. The number of hydrogen-bond acceptors (Lipinski definition) is 5. The lowest BCUT2D eigenvalue weighted by atomic mass is 10.3. The smallest absolute Gasteiger partial charge is 0.258 e. The molecule has 1 amide bonds. The Hall–Kier alpha value is -1.92. The number of amides is 1. The van der Waals surface area contributed by atoms with Crippen LogP contribution < -0.4 is 10.1 Å². The van der Waals surface area contributed by atoms with E-state index < -0.39 is 0 Å². The molecular weight excluding hydrogens is 276 g/mol. The molecule has 0 radical (unpaired) electrons. The largest absolute Gasteiger partial charge is 0.482 e. The zero-order valence-electron chi connectivity index (χ0n) is 11.1. The highest BCUT2D eigenvalue weighted by molar-refractivity contribution is 7.10. The van der Waals surface area contributed by atoms with E-state index in [4.69, 9.17) is 9.84 Å². The summed E-state index contributed by atoms with van der Waals surface area (Å²) in [6, 6.07) is 5.36. The second-order valence-electron chi connectivity index (χ2n) is 4.24. The summed E-state index contributed by atoms with van der Waals surface area (Å²) in [7, 11) is 0. The molecule has 0 fully saturated rings. The highest BCUT2D eigenvalue weighted by Gasteiger charge is 2.05. The highest BCUT2D eigenvalue weighted by Crippen LogP contribution is 2.14. The molecule has 0 aliphatic rings. The van der Waals surface area contributed by atoms with Crippen LogP contribution in [0.25, 0.3) is 0 Å². The summed E-state index contributed by atoms with van der Waals surface area (Å²) in [4.78, 5) is 16.8. The Morgan fingerprint density at radius 1 is 1.45 bits per heavy atom. The molecule has 5 nitrogen and oxygen atoms in total. The van der Waals surface area contributed by atoms with Gasteiger partial charge >= 0.3 is 0 Å². The van der Waals surface area contributed by atoms with Crippen molar-refractivity contribution in [1.29, 1.82) is 0 Å². The van der Waals surface area contributed by atoms with Gasteiger partial charge in [-0.3, -0.25) is 9.78 Å². The predicted octanol–water partition coefficient (Wildman–Crippen LogP) is 1.64. The first-order chi connectivity index (χ1) is 9.69. The van der Waals surface area contributed by atoms with E-state index in [0.717, 1.165) is 4.88 Å². The SMILES string of the molecule is Cc1ccsc1CNC(=O)COc1ccc(CO)nc1. The maximum Gasteiger partial charge on any atom is 0.258 e. The molecule has 2 heterocycles. The topological polar surface area (TPSA) is 71.5 Å². The maximum atomic E-state index is 11.7. The van der Waals surface area contributed by atoms with Crippen molar-refractivity contribution in [3.8, 4) is 5.75 Å². The average molecular weight is 292 g/mol. The number of rotatable bonds is 6. The average Bonchev–Trinajstić information content (AvgIpc) is 2.89. The third-order valence-corrected chi connectivity index (χ3v) is 3.77. The van der Waals surface area contributed by atoms with Crippen molar-refractivity contribution in [1.82, 2.24) is 10.3 Å². The van der Waals surface area contributed by atoms with Crippen molar-refractivity contribution >= 4 is 17.2 Å². The molecule has 0 saturated carbocycles. The molecule has 106 valence electrons. The number of hydrogen-bond donors (Lipinski definition) is 2. The number of carbonyl (C=O) groups excluding carboxylic acids is 1. The molecule has 0 aliphatic carbocycles. The van der Waals surface area contributed by atoms with Gasteiger partial charge in [-0.1, -0.05) is 0 Å². The van der Waals surface area contributed by atoms with E-state index >= 15 is 0 Å². The van der Waals surface area contributed by atoms with E-state index in [0.29, 0.717) is 18.0 Å². The first kappa shape index (κ1) is 14.5. The van der Waals surface area contributed by atoms with Crippen LogP contribution in [0.4, 0.5) is 0 Å². The molecule has 0 saturated heterocycles. The highest BCUT2D eigenvalue weighted by atomic mass is 32.1. The molecule has 0 unspecified atom stereocenters. The first-order valence-electron chi connectivity index (χ1n) is 6.17. The molecular formula is C14H16N2O3S. The van der Waals surface area contributed by atoms with Gasteiger partial charge in [0.25, 0.3) is 5.91 Å². The number of aliphatic hydroxyl groups excluding tert-OH is 1. The summed E-state index contributed by atoms with van der Waals surface area (Å²) in [5.41, 5.74) is 1.75. The Balaban J connectivity index is 1.75. The van der Waals surface area contributed by atoms with Crippen LogP contribution in [-0.4, -0.2) is 22.6 Å². The number of aryl methyl sites for hydroxylation is 1. The molecule has 0 aromatic carbocycles. The molecule has 0 aliphatic heterocycles. The Bertz CT molecular complexity index is 566. The quantitative estimate of drug-likeness (QED) is 0.849. The van der Waals surface area contributed by atoms with Crippen molar-refractivity contribution in [3.63, 3.8) is 0 Å². The maximum absolute atomic E-state index is 11.7. The number of aromatic nitrogens is 1. The molecule has 0 spiro atoms. The Labute approximate surface area is 121 Å². The second-order valence-corrected chi connectivity index (χ2v) is 5.24. The van der Waals surface area contributed by atoms with Crippen LogP contribution in [0, 0.1) is 6.92 Å². The third-order valence-electron chi connectivity index (χ3n) is 2.74. The van der Waals surface area contributed by atoms with Crippen LogP contribution in [0.5, 0.6) is 5.75 Å². The Morgan fingerprint density at radius 3 is 2.90 bits per heavy atom. The summed E-state index contributed by atoms with van der Waals surface area (Å²) < 4.78 is 5.31. The van der Waals surface area contributed by atoms with Gasteiger partial charge in [0, 0.05) is 4.88 Å². The molecule has 0 atom stereocenters. The molecule has 6 heteroatoms. The van der Waals surface area contributed by atoms with Gasteiger partial charge < -0.3 is 15.2 Å². The lowest BCUT2D eigenvalue weighted by Crippen LogP contribution is -2.28. The van der Waals surface area contributed by atoms with Crippen LogP contribution in [-0.2, 0) is 17.9 Å². The Kier molecular flexibility index (Phi) is 5.09. The standard InChI is InChI=1S/C14H16N2O3S/c1-10-4-5-20-13(10)7-16-14(18)9-19-12-3-2-11(8-17)15-6-12/h2-6,17H,7-9H2,1H3,(H,16,18).